The lowest BCUT2D eigenvalue weighted by molar-refractivity contribution is 0.0531. The van der Waals surface area contributed by atoms with Gasteiger partial charge in [0.15, 0.2) is 0 Å². The maximum absolute atomic E-state index is 12.3. The molecule has 0 spiro atoms. The first kappa shape index (κ1) is 14.2. The highest BCUT2D eigenvalue weighted by atomic mass is 16.3. The maximum Gasteiger partial charge on any atom is 0.274 e. The molecule has 22 heavy (non-hydrogen) atoms. The van der Waals surface area contributed by atoms with Gasteiger partial charge in [0.2, 0.25) is 0 Å². The monoisotopic (exact) mass is 300 g/mol. The van der Waals surface area contributed by atoms with E-state index in [0.29, 0.717) is 37.4 Å². The number of hydrogen-bond acceptors (Lipinski definition) is 5. The Labute approximate surface area is 127 Å². The van der Waals surface area contributed by atoms with E-state index in [1.165, 1.54) is 18.7 Å². The van der Waals surface area contributed by atoms with Gasteiger partial charge >= 0.3 is 0 Å². The lowest BCUT2D eigenvalue weighted by Gasteiger charge is -2.34. The molecule has 0 aromatic carbocycles. The average Bonchev–Trinajstić information content (AvgIpc) is 3.09. The fourth-order valence-electron chi connectivity index (χ4n) is 2.35. The lowest BCUT2D eigenvalue weighted by Crippen LogP contribution is -2.50. The Morgan fingerprint density at radius 2 is 1.73 bits per heavy atom. The number of furan rings is 1. The fourth-order valence-corrected chi connectivity index (χ4v) is 2.35. The van der Waals surface area contributed by atoms with E-state index < -0.39 is 0 Å². The molecule has 1 aliphatic heterocycles. The number of amides is 2. The molecule has 0 saturated carbocycles. The SMILES string of the molecule is Cc1cnc(C(=O)N2CCN(C(=O)c3ccoc3)CC2)cn1. The molecule has 0 aliphatic carbocycles. The van der Waals surface area contributed by atoms with Crippen molar-refractivity contribution in [3.8, 4) is 0 Å². The highest BCUT2D eigenvalue weighted by Crippen LogP contribution is 2.11. The number of piperazine rings is 1. The summed E-state index contributed by atoms with van der Waals surface area (Å²) in [7, 11) is 0. The molecule has 0 radical (unpaired) electrons. The topological polar surface area (TPSA) is 79.5 Å². The number of carbonyl (C=O) groups excluding carboxylic acids is 2. The molecule has 1 fully saturated rings. The Kier molecular flexibility index (Phi) is 3.86. The summed E-state index contributed by atoms with van der Waals surface area (Å²) < 4.78 is 4.93. The molecule has 114 valence electrons. The van der Waals surface area contributed by atoms with Gasteiger partial charge in [-0.2, -0.15) is 0 Å². The molecule has 7 heteroatoms. The van der Waals surface area contributed by atoms with Gasteiger partial charge in [0.25, 0.3) is 11.8 Å². The van der Waals surface area contributed by atoms with Crippen molar-refractivity contribution < 1.29 is 14.0 Å². The fraction of sp³-hybridized carbons (Fsp3) is 0.333. The average molecular weight is 300 g/mol. The van der Waals surface area contributed by atoms with Gasteiger partial charge in [-0.3, -0.25) is 14.6 Å². The van der Waals surface area contributed by atoms with E-state index in [9.17, 15) is 9.59 Å². The quantitative estimate of drug-likeness (QED) is 0.826. The molecular formula is C15H16N4O3. The summed E-state index contributed by atoms with van der Waals surface area (Å²) in [6.45, 7) is 3.78. The third kappa shape index (κ3) is 2.83. The number of rotatable bonds is 2. The second-order valence-corrected chi connectivity index (χ2v) is 5.14. The van der Waals surface area contributed by atoms with Crippen molar-refractivity contribution in [2.24, 2.45) is 0 Å². The van der Waals surface area contributed by atoms with Crippen LogP contribution >= 0.6 is 0 Å². The largest absolute Gasteiger partial charge is 0.472 e. The summed E-state index contributed by atoms with van der Waals surface area (Å²) in [5.41, 5.74) is 1.64. The molecule has 3 heterocycles. The summed E-state index contributed by atoms with van der Waals surface area (Å²) in [6, 6.07) is 1.64. The van der Waals surface area contributed by atoms with E-state index in [-0.39, 0.29) is 11.8 Å². The van der Waals surface area contributed by atoms with Crippen LogP contribution in [0.1, 0.15) is 26.5 Å². The zero-order chi connectivity index (χ0) is 15.5. The van der Waals surface area contributed by atoms with Gasteiger partial charge in [0.05, 0.1) is 23.7 Å². The van der Waals surface area contributed by atoms with Crippen LogP contribution in [0.2, 0.25) is 0 Å². The third-order valence-corrected chi connectivity index (χ3v) is 3.62. The zero-order valence-electron chi connectivity index (χ0n) is 12.2. The van der Waals surface area contributed by atoms with E-state index in [0.717, 1.165) is 5.69 Å². The van der Waals surface area contributed by atoms with Crippen LogP contribution in [-0.2, 0) is 0 Å². The van der Waals surface area contributed by atoms with E-state index in [1.54, 1.807) is 22.1 Å². The molecule has 2 aromatic heterocycles. The number of carbonyl (C=O) groups is 2. The van der Waals surface area contributed by atoms with Crippen LogP contribution in [0.3, 0.4) is 0 Å². The number of hydrogen-bond donors (Lipinski definition) is 0. The van der Waals surface area contributed by atoms with Gasteiger partial charge in [0, 0.05) is 32.4 Å². The smallest absolute Gasteiger partial charge is 0.274 e. The summed E-state index contributed by atoms with van der Waals surface area (Å²) >= 11 is 0. The van der Waals surface area contributed by atoms with Crippen molar-refractivity contribution in [1.82, 2.24) is 19.8 Å². The van der Waals surface area contributed by atoms with Gasteiger partial charge in [0.1, 0.15) is 12.0 Å². The van der Waals surface area contributed by atoms with Gasteiger partial charge in [-0.15, -0.1) is 0 Å². The van der Waals surface area contributed by atoms with Crippen LogP contribution in [0.5, 0.6) is 0 Å². The minimum absolute atomic E-state index is 0.0732. The molecular weight excluding hydrogens is 284 g/mol. The molecule has 0 N–H and O–H groups in total. The van der Waals surface area contributed by atoms with E-state index in [2.05, 4.69) is 9.97 Å². The Morgan fingerprint density at radius 1 is 1.05 bits per heavy atom. The molecule has 2 amide bonds. The second kappa shape index (κ2) is 5.97. The first-order valence-electron chi connectivity index (χ1n) is 7.04. The first-order chi connectivity index (χ1) is 10.6. The number of aromatic nitrogens is 2. The van der Waals surface area contributed by atoms with Crippen LogP contribution < -0.4 is 0 Å². The maximum atomic E-state index is 12.3. The highest BCUT2D eigenvalue weighted by Gasteiger charge is 2.26. The van der Waals surface area contributed by atoms with Gasteiger partial charge in [-0.1, -0.05) is 0 Å². The molecule has 7 nitrogen and oxygen atoms in total. The minimum Gasteiger partial charge on any atom is -0.472 e. The summed E-state index contributed by atoms with van der Waals surface area (Å²) in [6.07, 6.45) is 5.97. The predicted molar refractivity (Wildman–Crippen MR) is 77.3 cm³/mol. The van der Waals surface area contributed by atoms with Crippen molar-refractivity contribution in [3.63, 3.8) is 0 Å². The Morgan fingerprint density at radius 3 is 2.27 bits per heavy atom. The van der Waals surface area contributed by atoms with Gasteiger partial charge in [-0.05, 0) is 13.0 Å². The van der Waals surface area contributed by atoms with Crippen LogP contribution in [0.4, 0.5) is 0 Å². The summed E-state index contributed by atoms with van der Waals surface area (Å²) in [5.74, 6) is -0.223. The summed E-state index contributed by atoms with van der Waals surface area (Å²) in [4.78, 5) is 36.1. The first-order valence-corrected chi connectivity index (χ1v) is 7.04. The summed E-state index contributed by atoms with van der Waals surface area (Å²) in [5, 5.41) is 0. The Bertz CT molecular complexity index is 659. The van der Waals surface area contributed by atoms with Gasteiger partial charge < -0.3 is 14.2 Å². The van der Waals surface area contributed by atoms with Crippen molar-refractivity contribution in [3.05, 3.63) is 47.9 Å². The Hall–Kier alpha value is -2.70. The standard InChI is InChI=1S/C15H16N4O3/c1-11-8-17-13(9-16-11)15(21)19-5-3-18(4-6-19)14(20)12-2-7-22-10-12/h2,7-10H,3-6H2,1H3. The van der Waals surface area contributed by atoms with E-state index in [4.69, 9.17) is 4.42 Å². The van der Waals surface area contributed by atoms with Crippen molar-refractivity contribution in [1.29, 1.82) is 0 Å². The second-order valence-electron chi connectivity index (χ2n) is 5.14. The van der Waals surface area contributed by atoms with Gasteiger partial charge in [-0.25, -0.2) is 4.98 Å². The van der Waals surface area contributed by atoms with E-state index >= 15 is 0 Å². The number of nitrogens with zero attached hydrogens (tertiary/aromatic N) is 4. The molecule has 3 rings (SSSR count). The van der Waals surface area contributed by atoms with Crippen molar-refractivity contribution in [2.45, 2.75) is 6.92 Å². The molecule has 2 aromatic rings. The Balaban J connectivity index is 1.60. The minimum atomic E-state index is -0.150. The molecule has 1 aliphatic rings. The van der Waals surface area contributed by atoms with Crippen LogP contribution in [0.15, 0.2) is 35.4 Å². The van der Waals surface area contributed by atoms with E-state index in [1.807, 2.05) is 6.92 Å². The zero-order valence-corrected chi connectivity index (χ0v) is 12.2. The van der Waals surface area contributed by atoms with Crippen molar-refractivity contribution in [2.75, 3.05) is 26.2 Å². The molecule has 1 saturated heterocycles. The predicted octanol–water partition coefficient (Wildman–Crippen LogP) is 0.976. The van der Waals surface area contributed by atoms with Crippen molar-refractivity contribution >= 4 is 11.8 Å². The molecule has 0 bridgehead atoms. The highest BCUT2D eigenvalue weighted by molar-refractivity contribution is 5.94. The normalized spacial score (nSPS) is 15.0. The lowest BCUT2D eigenvalue weighted by atomic mass is 10.2. The number of aryl methyl sites for hydroxylation is 1. The van der Waals surface area contributed by atoms with Crippen LogP contribution in [-0.4, -0.2) is 57.8 Å². The molecule has 0 atom stereocenters. The van der Waals surface area contributed by atoms with Crippen LogP contribution in [0.25, 0.3) is 0 Å². The third-order valence-electron chi connectivity index (χ3n) is 3.62. The van der Waals surface area contributed by atoms with Crippen LogP contribution in [0, 0.1) is 6.92 Å². The molecule has 0 unspecified atom stereocenters.